The van der Waals surface area contributed by atoms with Gasteiger partial charge >= 0.3 is 0 Å². The molecule has 0 amide bonds. The normalized spacial score (nSPS) is 11.0. The van der Waals surface area contributed by atoms with E-state index in [4.69, 9.17) is 10.2 Å². The third kappa shape index (κ3) is 4.53. The van der Waals surface area contributed by atoms with Crippen molar-refractivity contribution < 1.29 is 15.0 Å². The molecular weight excluding hydrogens is 298 g/mol. The van der Waals surface area contributed by atoms with E-state index in [2.05, 4.69) is 0 Å². The molecule has 0 bridgehead atoms. The minimum atomic E-state index is -0.0665. The number of aliphatic hydroxyl groups excluding tert-OH is 2. The highest BCUT2D eigenvalue weighted by molar-refractivity contribution is 7.10. The summed E-state index contributed by atoms with van der Waals surface area (Å²) in [6, 6.07) is 11.1. The van der Waals surface area contributed by atoms with Crippen LogP contribution in [0.3, 0.4) is 0 Å². The number of carbonyl (C=O) groups excluding carboxylic acids is 1. The number of ketones is 1. The minimum absolute atomic E-state index is 0.00352. The van der Waals surface area contributed by atoms with Crippen LogP contribution < -0.4 is 4.90 Å². The van der Waals surface area contributed by atoms with Crippen molar-refractivity contribution in [1.29, 1.82) is 0 Å². The van der Waals surface area contributed by atoms with Gasteiger partial charge in [-0.2, -0.15) is 0 Å². The van der Waals surface area contributed by atoms with Gasteiger partial charge in [0.1, 0.15) is 0 Å². The Balaban J connectivity index is 2.14. The molecule has 22 heavy (non-hydrogen) atoms. The van der Waals surface area contributed by atoms with Gasteiger partial charge in [-0.05, 0) is 35.7 Å². The van der Waals surface area contributed by atoms with Crippen LogP contribution in [-0.4, -0.2) is 42.3 Å². The van der Waals surface area contributed by atoms with Crippen molar-refractivity contribution >= 4 is 28.9 Å². The third-order valence-electron chi connectivity index (χ3n) is 3.18. The van der Waals surface area contributed by atoms with Crippen molar-refractivity contribution in [3.05, 3.63) is 58.3 Å². The number of aliphatic hydroxyl groups is 2. The van der Waals surface area contributed by atoms with Gasteiger partial charge in [-0.3, -0.25) is 4.79 Å². The summed E-state index contributed by atoms with van der Waals surface area (Å²) in [6.07, 6.45) is 3.37. The standard InChI is InChI=1S/C17H19NO3S/c19-10-8-18(9-11-20)15-4-1-3-14(13-15)17(21)7-6-16-5-2-12-22-16/h1-7,12-13,19-20H,8-11H2/b7-6+. The van der Waals surface area contributed by atoms with Gasteiger partial charge in [0.05, 0.1) is 13.2 Å². The van der Waals surface area contributed by atoms with Crippen LogP contribution in [-0.2, 0) is 0 Å². The largest absolute Gasteiger partial charge is 0.395 e. The first kappa shape index (κ1) is 16.4. The first-order valence-corrected chi connectivity index (χ1v) is 7.95. The number of thiophene rings is 1. The molecule has 0 saturated heterocycles. The predicted octanol–water partition coefficient (Wildman–Crippen LogP) is 2.44. The highest BCUT2D eigenvalue weighted by Crippen LogP contribution is 2.17. The summed E-state index contributed by atoms with van der Waals surface area (Å²) >= 11 is 1.58. The van der Waals surface area contributed by atoms with Crippen LogP contribution in [0, 0.1) is 0 Å². The van der Waals surface area contributed by atoms with Gasteiger partial charge in [-0.15, -0.1) is 11.3 Å². The van der Waals surface area contributed by atoms with Crippen molar-refractivity contribution in [1.82, 2.24) is 0 Å². The second-order valence-corrected chi connectivity index (χ2v) is 5.68. The molecule has 5 heteroatoms. The lowest BCUT2D eigenvalue weighted by Gasteiger charge is -2.23. The highest BCUT2D eigenvalue weighted by Gasteiger charge is 2.08. The number of benzene rings is 1. The fourth-order valence-corrected chi connectivity index (χ4v) is 2.73. The summed E-state index contributed by atoms with van der Waals surface area (Å²) in [4.78, 5) is 15.1. The van der Waals surface area contributed by atoms with Crippen LogP contribution in [0.25, 0.3) is 6.08 Å². The second-order valence-electron chi connectivity index (χ2n) is 4.70. The predicted molar refractivity (Wildman–Crippen MR) is 90.5 cm³/mol. The summed E-state index contributed by atoms with van der Waals surface area (Å²) in [6.45, 7) is 0.833. The average Bonchev–Trinajstić information content (AvgIpc) is 3.06. The van der Waals surface area contributed by atoms with E-state index in [1.807, 2.05) is 34.5 Å². The van der Waals surface area contributed by atoms with Crippen LogP contribution in [0.2, 0.25) is 0 Å². The summed E-state index contributed by atoms with van der Waals surface area (Å²) < 4.78 is 0. The fourth-order valence-electron chi connectivity index (χ4n) is 2.11. The summed E-state index contributed by atoms with van der Waals surface area (Å²) in [5.41, 5.74) is 1.41. The van der Waals surface area contributed by atoms with E-state index >= 15 is 0 Å². The Hall–Kier alpha value is -1.95. The Morgan fingerprint density at radius 1 is 1.14 bits per heavy atom. The molecule has 2 rings (SSSR count). The van der Waals surface area contributed by atoms with Crippen molar-refractivity contribution in [3.8, 4) is 0 Å². The van der Waals surface area contributed by atoms with E-state index in [9.17, 15) is 4.79 Å². The lowest BCUT2D eigenvalue weighted by Crippen LogP contribution is -2.29. The summed E-state index contributed by atoms with van der Waals surface area (Å²) in [7, 11) is 0. The zero-order valence-electron chi connectivity index (χ0n) is 12.2. The Morgan fingerprint density at radius 2 is 1.91 bits per heavy atom. The maximum Gasteiger partial charge on any atom is 0.185 e. The van der Waals surface area contributed by atoms with Gasteiger partial charge in [0, 0.05) is 29.2 Å². The van der Waals surface area contributed by atoms with Crippen LogP contribution in [0.4, 0.5) is 5.69 Å². The van der Waals surface area contributed by atoms with Crippen molar-refractivity contribution in [2.75, 3.05) is 31.2 Å². The minimum Gasteiger partial charge on any atom is -0.395 e. The molecule has 0 saturated carbocycles. The summed E-state index contributed by atoms with van der Waals surface area (Å²) in [5, 5.41) is 20.2. The molecule has 0 aliphatic rings. The zero-order valence-corrected chi connectivity index (χ0v) is 13.0. The Bertz CT molecular complexity index is 617. The van der Waals surface area contributed by atoms with Crippen molar-refractivity contribution in [2.45, 2.75) is 0 Å². The molecule has 0 aliphatic heterocycles. The van der Waals surface area contributed by atoms with E-state index in [0.29, 0.717) is 18.7 Å². The van der Waals surface area contributed by atoms with Gasteiger partial charge in [-0.1, -0.05) is 18.2 Å². The average molecular weight is 317 g/mol. The second kappa shape index (κ2) is 8.48. The molecular formula is C17H19NO3S. The molecule has 0 fully saturated rings. The molecule has 116 valence electrons. The van der Waals surface area contributed by atoms with Crippen molar-refractivity contribution in [3.63, 3.8) is 0 Å². The van der Waals surface area contributed by atoms with Crippen LogP contribution >= 0.6 is 11.3 Å². The van der Waals surface area contributed by atoms with Gasteiger partial charge in [0.2, 0.25) is 0 Å². The van der Waals surface area contributed by atoms with E-state index in [1.165, 1.54) is 0 Å². The molecule has 1 aromatic carbocycles. The number of carbonyl (C=O) groups is 1. The molecule has 2 aromatic rings. The molecule has 2 N–H and O–H groups in total. The fraction of sp³-hybridized carbons (Fsp3) is 0.235. The van der Waals surface area contributed by atoms with Gasteiger partial charge in [0.15, 0.2) is 5.78 Å². The molecule has 0 atom stereocenters. The van der Waals surface area contributed by atoms with Crippen molar-refractivity contribution in [2.24, 2.45) is 0 Å². The highest BCUT2D eigenvalue weighted by atomic mass is 32.1. The first-order valence-electron chi connectivity index (χ1n) is 7.07. The van der Waals surface area contributed by atoms with E-state index < -0.39 is 0 Å². The number of rotatable bonds is 8. The van der Waals surface area contributed by atoms with Gasteiger partial charge in [0.25, 0.3) is 0 Å². The number of anilines is 1. The maximum absolute atomic E-state index is 12.2. The molecule has 1 heterocycles. The van der Waals surface area contributed by atoms with E-state index in [1.54, 1.807) is 35.6 Å². The molecule has 0 spiro atoms. The zero-order chi connectivity index (χ0) is 15.8. The lowest BCUT2D eigenvalue weighted by atomic mass is 10.1. The Morgan fingerprint density at radius 3 is 2.55 bits per heavy atom. The first-order chi connectivity index (χ1) is 10.7. The van der Waals surface area contributed by atoms with Crippen LogP contribution in [0.1, 0.15) is 15.2 Å². The quantitative estimate of drug-likeness (QED) is 0.580. The molecule has 4 nitrogen and oxygen atoms in total. The maximum atomic E-state index is 12.2. The van der Waals surface area contributed by atoms with E-state index in [0.717, 1.165) is 10.6 Å². The molecule has 1 aromatic heterocycles. The van der Waals surface area contributed by atoms with E-state index in [-0.39, 0.29) is 19.0 Å². The third-order valence-corrected chi connectivity index (χ3v) is 4.02. The lowest BCUT2D eigenvalue weighted by molar-refractivity contribution is 0.104. The van der Waals surface area contributed by atoms with Gasteiger partial charge < -0.3 is 15.1 Å². The molecule has 0 unspecified atom stereocenters. The van der Waals surface area contributed by atoms with Crippen LogP contribution in [0.5, 0.6) is 0 Å². The van der Waals surface area contributed by atoms with Crippen LogP contribution in [0.15, 0.2) is 47.9 Å². The number of hydrogen-bond donors (Lipinski definition) is 2. The molecule has 0 radical (unpaired) electrons. The Labute approximate surface area is 134 Å². The smallest absolute Gasteiger partial charge is 0.185 e. The number of hydrogen-bond acceptors (Lipinski definition) is 5. The number of allylic oxidation sites excluding steroid dienone is 1. The monoisotopic (exact) mass is 317 g/mol. The number of nitrogens with zero attached hydrogens (tertiary/aromatic N) is 1. The Kier molecular flexibility index (Phi) is 6.33. The summed E-state index contributed by atoms with van der Waals surface area (Å²) in [5.74, 6) is -0.0665. The SMILES string of the molecule is O=C(/C=C/c1cccs1)c1cccc(N(CCO)CCO)c1. The topological polar surface area (TPSA) is 60.8 Å². The molecule has 0 aliphatic carbocycles. The van der Waals surface area contributed by atoms with Gasteiger partial charge in [-0.25, -0.2) is 0 Å².